The first-order valence-electron chi connectivity index (χ1n) is 17.0. The van der Waals surface area contributed by atoms with Crippen LogP contribution in [-0.4, -0.2) is 96.1 Å². The highest BCUT2D eigenvalue weighted by molar-refractivity contribution is 6.01. The first-order chi connectivity index (χ1) is 24.9. The van der Waals surface area contributed by atoms with Gasteiger partial charge in [0.05, 0.1) is 12.1 Å². The van der Waals surface area contributed by atoms with Gasteiger partial charge in [0.1, 0.15) is 17.8 Å². The molecule has 0 radical (unpaired) electrons. The third-order valence-electron chi connectivity index (χ3n) is 6.75. The second kappa shape index (κ2) is 19.4. The number of carbonyl (C=O) groups excluding carboxylic acids is 7. The molecule has 18 nitrogen and oxygen atoms in total. The Morgan fingerprint density at radius 1 is 0.796 bits per heavy atom. The Morgan fingerprint density at radius 3 is 1.80 bits per heavy atom. The molecule has 1 aromatic rings. The van der Waals surface area contributed by atoms with E-state index in [-0.39, 0.29) is 6.54 Å². The fourth-order valence-electron chi connectivity index (χ4n) is 4.81. The molecule has 0 fully saturated rings. The van der Waals surface area contributed by atoms with E-state index in [4.69, 9.17) is 28.4 Å². The summed E-state index contributed by atoms with van der Waals surface area (Å²) in [6.45, 7) is 15.3. The lowest BCUT2D eigenvalue weighted by Gasteiger charge is -2.41. The van der Waals surface area contributed by atoms with Crippen LogP contribution in [0.25, 0.3) is 0 Å². The maximum atomic E-state index is 13.7. The fourth-order valence-corrected chi connectivity index (χ4v) is 4.81. The minimum absolute atomic E-state index is 0.0507. The number of hydrogen-bond acceptors (Lipinski definition) is 14. The van der Waals surface area contributed by atoms with Crippen LogP contribution in [-0.2, 0) is 58.9 Å². The van der Waals surface area contributed by atoms with Crippen molar-refractivity contribution >= 4 is 47.9 Å². The molecule has 0 saturated carbocycles. The van der Waals surface area contributed by atoms with Crippen molar-refractivity contribution in [2.75, 3.05) is 6.61 Å². The number of hydrogen-bond donors (Lipinski definition) is 4. The number of esters is 3. The summed E-state index contributed by atoms with van der Waals surface area (Å²) in [5.74, 6) is -4.89. The lowest BCUT2D eigenvalue weighted by molar-refractivity contribution is -0.187. The molecule has 0 aromatic heterocycles. The van der Waals surface area contributed by atoms with Gasteiger partial charge in [-0.15, -0.1) is 0 Å². The summed E-state index contributed by atoms with van der Waals surface area (Å²) in [6.07, 6.45) is -5.66. The Balaban J connectivity index is 2.83. The number of amides is 4. The van der Waals surface area contributed by atoms with Crippen molar-refractivity contribution in [2.45, 2.75) is 124 Å². The smallest absolute Gasteiger partial charge is 0.414 e. The molecule has 1 aliphatic rings. The van der Waals surface area contributed by atoms with E-state index < -0.39 is 102 Å². The largest absolute Gasteiger partial charge is 0.479 e. The molecule has 1 heterocycles. The molecule has 18 heteroatoms. The standard InChI is InChI=1S/C36H51N5O13/c1-19-12-14-24(15-13-19)17-37-31(46)26-16-25(39-32(40-33(47)53-35(6,7)8)41-34(48)54-36(9,10)11)28(38-20(2)42)30(52-26)29(51-23(5)45)27(50-22(4)44)18-49-21(3)43/h12-16,25,27-30H,17-18H2,1-11H3,(H,37,46)(H,38,42)(H2,39,40,41,47,48)/t25-,27+,28+,29+,30+/m0/s1. The summed E-state index contributed by atoms with van der Waals surface area (Å²) in [5.41, 5.74) is -0.208. The lowest BCUT2D eigenvalue weighted by Crippen LogP contribution is -2.61. The number of ether oxygens (including phenoxy) is 6. The molecule has 0 unspecified atom stereocenters. The highest BCUT2D eigenvalue weighted by atomic mass is 16.6. The van der Waals surface area contributed by atoms with Gasteiger partial charge < -0.3 is 39.1 Å². The number of benzene rings is 1. The highest BCUT2D eigenvalue weighted by Crippen LogP contribution is 2.28. The van der Waals surface area contributed by atoms with Crippen LogP contribution in [0.1, 0.15) is 80.4 Å². The highest BCUT2D eigenvalue weighted by Gasteiger charge is 2.48. The summed E-state index contributed by atoms with van der Waals surface area (Å²) in [7, 11) is 0. The third kappa shape index (κ3) is 16.3. The van der Waals surface area contributed by atoms with Crippen molar-refractivity contribution in [3.63, 3.8) is 0 Å². The average Bonchev–Trinajstić information content (AvgIpc) is 2.99. The summed E-state index contributed by atoms with van der Waals surface area (Å²) in [6, 6.07) is 4.54. The molecular formula is C36H51N5O13. The number of aryl methyl sites for hydroxylation is 1. The van der Waals surface area contributed by atoms with Crippen LogP contribution in [0, 0.1) is 6.92 Å². The lowest BCUT2D eigenvalue weighted by atomic mass is 9.91. The van der Waals surface area contributed by atoms with Crippen molar-refractivity contribution in [3.8, 4) is 0 Å². The van der Waals surface area contributed by atoms with E-state index in [2.05, 4.69) is 26.3 Å². The van der Waals surface area contributed by atoms with Gasteiger partial charge in [0.2, 0.25) is 11.9 Å². The predicted molar refractivity (Wildman–Crippen MR) is 191 cm³/mol. The zero-order valence-electron chi connectivity index (χ0n) is 32.4. The summed E-state index contributed by atoms with van der Waals surface area (Å²) in [4.78, 5) is 93.4. The van der Waals surface area contributed by atoms with E-state index >= 15 is 0 Å². The Bertz CT molecular complexity index is 1580. The molecule has 0 saturated heterocycles. The SMILES string of the molecule is CC(=O)N[C@H]1[C@H]([C@H](OC(C)=O)[C@@H](COC(C)=O)OC(C)=O)OC(C(=O)NCc2ccc(C)cc2)=C[C@@H]1N=C(NC(=O)OC(C)(C)C)NC(=O)OC(C)(C)C. The Labute approximate surface area is 314 Å². The van der Waals surface area contributed by atoms with E-state index in [1.807, 2.05) is 19.1 Å². The van der Waals surface area contributed by atoms with Crippen LogP contribution < -0.4 is 21.3 Å². The molecule has 2 rings (SSSR count). The van der Waals surface area contributed by atoms with Crippen LogP contribution in [0.5, 0.6) is 0 Å². The first kappa shape index (κ1) is 44.5. The second-order valence-corrected chi connectivity index (χ2v) is 14.3. The molecule has 0 aliphatic carbocycles. The normalized spacial score (nSPS) is 17.8. The maximum absolute atomic E-state index is 13.7. The quantitative estimate of drug-likeness (QED) is 0.110. The molecule has 298 valence electrons. The zero-order chi connectivity index (χ0) is 41.0. The van der Waals surface area contributed by atoms with E-state index in [9.17, 15) is 33.6 Å². The molecule has 54 heavy (non-hydrogen) atoms. The van der Waals surface area contributed by atoms with Gasteiger partial charge in [-0.25, -0.2) is 14.6 Å². The topological polar surface area (TPSA) is 235 Å². The number of carbonyl (C=O) groups is 7. The Morgan fingerprint density at radius 2 is 1.33 bits per heavy atom. The number of alkyl carbamates (subject to hydrolysis) is 2. The van der Waals surface area contributed by atoms with Crippen molar-refractivity contribution in [1.82, 2.24) is 21.3 Å². The van der Waals surface area contributed by atoms with Crippen LogP contribution >= 0.6 is 0 Å². The molecule has 0 bridgehead atoms. The summed E-state index contributed by atoms with van der Waals surface area (Å²) >= 11 is 0. The van der Waals surface area contributed by atoms with Gasteiger partial charge in [-0.2, -0.15) is 0 Å². The molecule has 4 N–H and O–H groups in total. The van der Waals surface area contributed by atoms with Crippen molar-refractivity contribution in [1.29, 1.82) is 0 Å². The van der Waals surface area contributed by atoms with E-state index in [0.717, 1.165) is 38.8 Å². The number of aliphatic imine (C=N–C) groups is 1. The average molecular weight is 762 g/mol. The van der Waals surface area contributed by atoms with Crippen LogP contribution in [0.15, 0.2) is 41.1 Å². The van der Waals surface area contributed by atoms with Crippen molar-refractivity contribution < 1.29 is 62.0 Å². The van der Waals surface area contributed by atoms with Gasteiger partial charge >= 0.3 is 30.1 Å². The third-order valence-corrected chi connectivity index (χ3v) is 6.75. The molecular weight excluding hydrogens is 710 g/mol. The van der Waals surface area contributed by atoms with Crippen molar-refractivity contribution in [2.24, 2.45) is 4.99 Å². The molecule has 0 spiro atoms. The molecule has 1 aromatic carbocycles. The van der Waals surface area contributed by atoms with Gasteiger partial charge in [0.25, 0.3) is 5.91 Å². The number of rotatable bonds is 11. The fraction of sp³-hybridized carbons (Fsp3) is 0.556. The number of nitrogens with zero attached hydrogens (tertiary/aromatic N) is 1. The van der Waals surface area contributed by atoms with Crippen LogP contribution in [0.4, 0.5) is 9.59 Å². The minimum Gasteiger partial charge on any atom is -0.479 e. The Kier molecular flexibility index (Phi) is 16.0. The van der Waals surface area contributed by atoms with Gasteiger partial charge in [0.15, 0.2) is 24.1 Å². The predicted octanol–water partition coefficient (Wildman–Crippen LogP) is 2.60. The van der Waals surface area contributed by atoms with Gasteiger partial charge in [0, 0.05) is 34.2 Å². The van der Waals surface area contributed by atoms with Gasteiger partial charge in [-0.1, -0.05) is 29.8 Å². The zero-order valence-corrected chi connectivity index (χ0v) is 32.4. The van der Waals surface area contributed by atoms with Gasteiger partial charge in [-0.05, 0) is 60.1 Å². The van der Waals surface area contributed by atoms with E-state index in [0.29, 0.717) is 0 Å². The first-order valence-corrected chi connectivity index (χ1v) is 17.0. The van der Waals surface area contributed by atoms with E-state index in [1.54, 1.807) is 53.7 Å². The van der Waals surface area contributed by atoms with E-state index in [1.165, 1.54) is 6.08 Å². The second-order valence-electron chi connectivity index (χ2n) is 14.3. The maximum Gasteiger partial charge on any atom is 0.414 e. The minimum atomic E-state index is -1.66. The molecule has 4 amide bonds. The summed E-state index contributed by atoms with van der Waals surface area (Å²) < 4.78 is 32.9. The molecule has 1 aliphatic heterocycles. The summed E-state index contributed by atoms with van der Waals surface area (Å²) in [5, 5.41) is 10.1. The van der Waals surface area contributed by atoms with Crippen molar-refractivity contribution in [3.05, 3.63) is 47.2 Å². The van der Waals surface area contributed by atoms with Gasteiger partial charge in [-0.3, -0.25) is 34.6 Å². The van der Waals surface area contributed by atoms with Crippen LogP contribution in [0.2, 0.25) is 0 Å². The Hall–Kier alpha value is -5.68. The van der Waals surface area contributed by atoms with Crippen LogP contribution in [0.3, 0.4) is 0 Å². The number of nitrogens with one attached hydrogen (secondary N) is 4. The molecule has 5 atom stereocenters. The number of guanidine groups is 1. The monoisotopic (exact) mass is 761 g/mol.